The van der Waals surface area contributed by atoms with Crippen molar-refractivity contribution in [1.82, 2.24) is 4.98 Å². The van der Waals surface area contributed by atoms with Crippen molar-refractivity contribution in [2.75, 3.05) is 12.4 Å². The van der Waals surface area contributed by atoms with Crippen LogP contribution in [0.2, 0.25) is 0 Å². The van der Waals surface area contributed by atoms with Crippen molar-refractivity contribution in [2.24, 2.45) is 0 Å². The number of rotatable bonds is 9. The van der Waals surface area contributed by atoms with Gasteiger partial charge < -0.3 is 19.5 Å². The number of anilines is 1. The zero-order valence-electron chi connectivity index (χ0n) is 21.3. The number of nitrogens with zero attached hydrogens (tertiary/aromatic N) is 1. The molecule has 0 aliphatic carbocycles. The molecule has 0 aliphatic rings. The van der Waals surface area contributed by atoms with E-state index in [0.717, 1.165) is 22.1 Å². The van der Waals surface area contributed by atoms with Crippen molar-refractivity contribution in [3.8, 4) is 17.4 Å². The number of aromatic nitrogens is 1. The number of fused-ring (bicyclic) bond motifs is 1. The monoisotopic (exact) mass is 518 g/mol. The van der Waals surface area contributed by atoms with Gasteiger partial charge >= 0.3 is 5.97 Å². The van der Waals surface area contributed by atoms with Gasteiger partial charge in [0, 0.05) is 12.3 Å². The lowest BCUT2D eigenvalue weighted by atomic mass is 10.1. The Bertz CT molecular complexity index is 1600. The molecule has 194 valence electrons. The van der Waals surface area contributed by atoms with E-state index in [-0.39, 0.29) is 12.3 Å². The van der Waals surface area contributed by atoms with Crippen molar-refractivity contribution < 1.29 is 23.8 Å². The summed E-state index contributed by atoms with van der Waals surface area (Å²) in [5, 5.41) is 4.81. The number of carbonyl (C=O) groups is 2. The number of hydrogen-bond donors (Lipinski definition) is 1. The summed E-state index contributed by atoms with van der Waals surface area (Å²) in [5.41, 5.74) is 2.51. The average Bonchev–Trinajstić information content (AvgIpc) is 2.97. The van der Waals surface area contributed by atoms with Gasteiger partial charge in [-0.15, -0.1) is 0 Å². The second kappa shape index (κ2) is 11.9. The Hall–Kier alpha value is -5.17. The van der Waals surface area contributed by atoms with Crippen LogP contribution in [-0.4, -0.2) is 24.0 Å². The van der Waals surface area contributed by atoms with E-state index in [1.165, 1.54) is 7.11 Å². The molecule has 0 bridgehead atoms. The number of esters is 1. The van der Waals surface area contributed by atoms with Crippen molar-refractivity contribution in [3.63, 3.8) is 0 Å². The van der Waals surface area contributed by atoms with Gasteiger partial charge in [-0.3, -0.25) is 4.79 Å². The van der Waals surface area contributed by atoms with Gasteiger partial charge in [0.1, 0.15) is 18.1 Å². The van der Waals surface area contributed by atoms with Crippen LogP contribution < -0.4 is 14.8 Å². The maximum atomic E-state index is 12.6. The molecule has 7 heteroatoms. The molecule has 7 nitrogen and oxygen atoms in total. The van der Waals surface area contributed by atoms with Crippen LogP contribution in [-0.2, 0) is 22.6 Å². The lowest BCUT2D eigenvalue weighted by Crippen LogP contribution is -2.17. The molecule has 0 atom stereocenters. The molecule has 1 N–H and O–H groups in total. The van der Waals surface area contributed by atoms with E-state index < -0.39 is 5.97 Å². The molecule has 39 heavy (non-hydrogen) atoms. The number of benzene rings is 4. The summed E-state index contributed by atoms with van der Waals surface area (Å²) in [6.07, 6.45) is 1.69. The molecule has 0 spiro atoms. The number of carbonyl (C=O) groups excluding carboxylic acids is 2. The second-order valence-corrected chi connectivity index (χ2v) is 8.81. The van der Waals surface area contributed by atoms with Crippen LogP contribution in [0.25, 0.3) is 10.8 Å². The van der Waals surface area contributed by atoms with Gasteiger partial charge in [-0.1, -0.05) is 60.7 Å². The van der Waals surface area contributed by atoms with Crippen LogP contribution in [0.5, 0.6) is 17.4 Å². The number of para-hydroxylation sites is 1. The van der Waals surface area contributed by atoms with E-state index in [1.807, 2.05) is 66.7 Å². The Morgan fingerprint density at radius 2 is 1.49 bits per heavy atom. The highest BCUT2D eigenvalue weighted by Gasteiger charge is 2.14. The van der Waals surface area contributed by atoms with Gasteiger partial charge in [-0.25, -0.2) is 9.78 Å². The average molecular weight is 519 g/mol. The molecule has 0 unspecified atom stereocenters. The van der Waals surface area contributed by atoms with Crippen LogP contribution in [0, 0.1) is 0 Å². The first-order valence-corrected chi connectivity index (χ1v) is 12.4. The third-order valence-corrected chi connectivity index (χ3v) is 6.02. The Balaban J connectivity index is 1.19. The van der Waals surface area contributed by atoms with Gasteiger partial charge in [0.25, 0.3) is 0 Å². The summed E-state index contributed by atoms with van der Waals surface area (Å²) < 4.78 is 16.6. The molecular weight excluding hydrogens is 492 g/mol. The van der Waals surface area contributed by atoms with Crippen molar-refractivity contribution in [2.45, 2.75) is 13.0 Å². The van der Waals surface area contributed by atoms with Crippen LogP contribution >= 0.6 is 0 Å². The quantitative estimate of drug-likeness (QED) is 0.222. The highest BCUT2D eigenvalue weighted by molar-refractivity contribution is 6.01. The van der Waals surface area contributed by atoms with E-state index in [4.69, 9.17) is 14.2 Å². The lowest BCUT2D eigenvalue weighted by Gasteiger charge is -2.10. The van der Waals surface area contributed by atoms with Crippen LogP contribution in [0.4, 0.5) is 5.69 Å². The van der Waals surface area contributed by atoms with E-state index >= 15 is 0 Å². The molecule has 1 heterocycles. The van der Waals surface area contributed by atoms with Gasteiger partial charge in [0.15, 0.2) is 0 Å². The molecule has 0 radical (unpaired) electrons. The Morgan fingerprint density at radius 3 is 2.23 bits per heavy atom. The van der Waals surface area contributed by atoms with Crippen molar-refractivity contribution in [1.29, 1.82) is 0 Å². The third-order valence-electron chi connectivity index (χ3n) is 6.02. The Morgan fingerprint density at radius 1 is 0.769 bits per heavy atom. The number of methoxy groups -OCH3 is 1. The molecule has 1 aromatic heterocycles. The lowest BCUT2D eigenvalue weighted by molar-refractivity contribution is -0.115. The van der Waals surface area contributed by atoms with Gasteiger partial charge in [0.05, 0.1) is 24.8 Å². The molecule has 0 saturated carbocycles. The fraction of sp³-hybridized carbons (Fsp3) is 0.0938. The number of pyridine rings is 1. The predicted molar refractivity (Wildman–Crippen MR) is 149 cm³/mol. The molecule has 5 aromatic rings. The van der Waals surface area contributed by atoms with Crippen LogP contribution in [0.3, 0.4) is 0 Å². The van der Waals surface area contributed by atoms with E-state index in [2.05, 4.69) is 10.3 Å². The summed E-state index contributed by atoms with van der Waals surface area (Å²) >= 11 is 0. The number of ether oxygens (including phenoxy) is 3. The van der Waals surface area contributed by atoms with Gasteiger partial charge in [-0.05, 0) is 58.3 Å². The standard InChI is InChI=1S/C32H26N2O5/c1-37-32(36)28-9-5-6-10-29(28)34-30(35)17-23-11-16-31(33-20-23)39-27-15-13-24-18-26(14-12-25(24)19-27)38-21-22-7-3-2-4-8-22/h2-16,18-20H,17,21H2,1H3,(H,34,35). The van der Waals surface area contributed by atoms with Crippen molar-refractivity contribution in [3.05, 3.63) is 126 Å². The summed E-state index contributed by atoms with van der Waals surface area (Å²) in [5.74, 6) is 1.08. The fourth-order valence-corrected chi connectivity index (χ4v) is 4.05. The first kappa shape index (κ1) is 25.5. The summed E-state index contributed by atoms with van der Waals surface area (Å²) in [7, 11) is 1.30. The molecular formula is C32H26N2O5. The molecule has 0 saturated heterocycles. The predicted octanol–water partition coefficient (Wildman–Crippen LogP) is 6.57. The maximum Gasteiger partial charge on any atom is 0.339 e. The molecule has 0 fully saturated rings. The first-order valence-electron chi connectivity index (χ1n) is 12.4. The second-order valence-electron chi connectivity index (χ2n) is 8.81. The highest BCUT2D eigenvalue weighted by atomic mass is 16.5. The molecule has 4 aromatic carbocycles. The topological polar surface area (TPSA) is 86.8 Å². The summed E-state index contributed by atoms with van der Waals surface area (Å²) in [4.78, 5) is 28.8. The maximum absolute atomic E-state index is 12.6. The Labute approximate surface area is 226 Å². The third kappa shape index (κ3) is 6.59. The van der Waals surface area contributed by atoms with Gasteiger partial charge in [0.2, 0.25) is 11.8 Å². The van der Waals surface area contributed by atoms with Crippen LogP contribution in [0.15, 0.2) is 109 Å². The Kier molecular flexibility index (Phi) is 7.79. The minimum absolute atomic E-state index is 0.0907. The van der Waals surface area contributed by atoms with Crippen molar-refractivity contribution >= 4 is 28.3 Å². The normalized spacial score (nSPS) is 10.6. The van der Waals surface area contributed by atoms with E-state index in [9.17, 15) is 9.59 Å². The zero-order chi connectivity index (χ0) is 27.0. The first-order chi connectivity index (χ1) is 19.1. The fourth-order valence-electron chi connectivity index (χ4n) is 4.05. The number of amides is 1. The highest BCUT2D eigenvalue weighted by Crippen LogP contribution is 2.28. The summed E-state index contributed by atoms with van der Waals surface area (Å²) in [6, 6.07) is 32.0. The molecule has 1 amide bonds. The minimum Gasteiger partial charge on any atom is -0.489 e. The minimum atomic E-state index is -0.514. The van der Waals surface area contributed by atoms with E-state index in [1.54, 1.807) is 42.6 Å². The number of hydrogen-bond acceptors (Lipinski definition) is 6. The number of nitrogens with one attached hydrogen (secondary N) is 1. The van der Waals surface area contributed by atoms with Gasteiger partial charge in [-0.2, -0.15) is 0 Å². The smallest absolute Gasteiger partial charge is 0.339 e. The molecule has 5 rings (SSSR count). The van der Waals surface area contributed by atoms with Crippen LogP contribution in [0.1, 0.15) is 21.5 Å². The largest absolute Gasteiger partial charge is 0.489 e. The zero-order valence-corrected chi connectivity index (χ0v) is 21.3. The molecule has 0 aliphatic heterocycles. The summed E-state index contributed by atoms with van der Waals surface area (Å²) in [6.45, 7) is 0.512. The van der Waals surface area contributed by atoms with E-state index in [0.29, 0.717) is 35.1 Å². The SMILES string of the molecule is COC(=O)c1ccccc1NC(=O)Cc1ccc(Oc2ccc3cc(OCc4ccccc4)ccc3c2)nc1.